The molecule has 1 N–H and O–H groups in total. The molecule has 0 aliphatic carbocycles. The molecule has 130 valence electrons. The summed E-state index contributed by atoms with van der Waals surface area (Å²) in [6, 6.07) is 8.00. The summed E-state index contributed by atoms with van der Waals surface area (Å²) < 4.78 is 6.49. The third-order valence-corrected chi connectivity index (χ3v) is 5.09. The van der Waals surface area contributed by atoms with E-state index in [4.69, 9.17) is 4.74 Å². The van der Waals surface area contributed by atoms with Gasteiger partial charge in [-0.15, -0.1) is 10.2 Å². The summed E-state index contributed by atoms with van der Waals surface area (Å²) in [5.41, 5.74) is 1.37. The average Bonchev–Trinajstić information content (AvgIpc) is 2.94. The third-order valence-electron chi connectivity index (χ3n) is 3.24. The molecule has 0 fully saturated rings. The van der Waals surface area contributed by atoms with Crippen LogP contribution in [0.15, 0.2) is 28.6 Å². The van der Waals surface area contributed by atoms with Gasteiger partial charge in [-0.05, 0) is 28.9 Å². The Morgan fingerprint density at radius 3 is 2.58 bits per heavy atom. The Labute approximate surface area is 151 Å². The van der Waals surface area contributed by atoms with Crippen LogP contribution in [0.3, 0.4) is 0 Å². The molecule has 1 aromatic carbocycles. The van der Waals surface area contributed by atoms with Gasteiger partial charge in [0.2, 0.25) is 11.0 Å². The first-order valence-corrected chi connectivity index (χ1v) is 9.68. The number of amides is 1. The Bertz CT molecular complexity index is 663. The van der Waals surface area contributed by atoms with Crippen LogP contribution < -0.4 is 10.1 Å². The van der Waals surface area contributed by atoms with E-state index in [1.54, 1.807) is 11.8 Å². The number of carbonyl (C=O) groups excluding carboxylic acids is 1. The van der Waals surface area contributed by atoms with Crippen molar-refractivity contribution in [1.82, 2.24) is 10.2 Å². The molecular weight excluding hydrogens is 342 g/mol. The molecule has 5 nitrogen and oxygen atoms in total. The summed E-state index contributed by atoms with van der Waals surface area (Å²) in [5, 5.41) is 11.2. The summed E-state index contributed by atoms with van der Waals surface area (Å²) in [6.45, 7) is 8.90. The molecule has 2 aromatic rings. The Morgan fingerprint density at radius 2 is 1.96 bits per heavy atom. The molecule has 0 radical (unpaired) electrons. The topological polar surface area (TPSA) is 64.1 Å². The predicted octanol–water partition coefficient (Wildman–Crippen LogP) is 4.36. The molecule has 2 rings (SSSR count). The van der Waals surface area contributed by atoms with Gasteiger partial charge in [0.05, 0.1) is 13.0 Å². The molecule has 1 amide bonds. The SMILES string of the molecule is CCSc1nnc(NC(=O)CCOc2ccc(C(C)(C)C)cc2)s1. The Hall–Kier alpha value is -1.60. The molecule has 0 aliphatic rings. The van der Waals surface area contributed by atoms with E-state index in [2.05, 4.69) is 55.3 Å². The van der Waals surface area contributed by atoms with Crippen LogP contribution in [0.5, 0.6) is 5.75 Å². The highest BCUT2D eigenvalue weighted by Gasteiger charge is 2.13. The maximum absolute atomic E-state index is 11.9. The lowest BCUT2D eigenvalue weighted by Crippen LogP contribution is -2.15. The van der Waals surface area contributed by atoms with Crippen LogP contribution in [-0.4, -0.2) is 28.5 Å². The van der Waals surface area contributed by atoms with Gasteiger partial charge in [0, 0.05) is 0 Å². The van der Waals surface area contributed by atoms with Gasteiger partial charge in [0.25, 0.3) is 0 Å². The van der Waals surface area contributed by atoms with Gasteiger partial charge in [-0.1, -0.05) is 62.9 Å². The smallest absolute Gasteiger partial charge is 0.229 e. The van der Waals surface area contributed by atoms with E-state index < -0.39 is 0 Å². The molecular formula is C17H23N3O2S2. The van der Waals surface area contributed by atoms with Crippen molar-refractivity contribution in [1.29, 1.82) is 0 Å². The first-order valence-electron chi connectivity index (χ1n) is 7.88. The monoisotopic (exact) mass is 365 g/mol. The molecule has 0 saturated carbocycles. The van der Waals surface area contributed by atoms with Gasteiger partial charge in [-0.2, -0.15) is 0 Å². The molecule has 0 spiro atoms. The van der Waals surface area contributed by atoms with Gasteiger partial charge in [0.15, 0.2) is 4.34 Å². The van der Waals surface area contributed by atoms with Crippen molar-refractivity contribution in [2.75, 3.05) is 17.7 Å². The maximum Gasteiger partial charge on any atom is 0.229 e. The molecule has 0 aliphatic heterocycles. The van der Waals surface area contributed by atoms with E-state index in [0.717, 1.165) is 15.8 Å². The fourth-order valence-corrected chi connectivity index (χ4v) is 3.60. The van der Waals surface area contributed by atoms with Crippen molar-refractivity contribution in [2.24, 2.45) is 0 Å². The Morgan fingerprint density at radius 1 is 1.25 bits per heavy atom. The Kier molecular flexibility index (Phi) is 6.62. The van der Waals surface area contributed by atoms with E-state index in [1.165, 1.54) is 16.9 Å². The summed E-state index contributed by atoms with van der Waals surface area (Å²) >= 11 is 3.00. The fourth-order valence-electron chi connectivity index (χ4n) is 1.94. The predicted molar refractivity (Wildman–Crippen MR) is 100 cm³/mol. The zero-order chi connectivity index (χ0) is 17.6. The maximum atomic E-state index is 11.9. The normalized spacial score (nSPS) is 11.3. The molecule has 0 saturated heterocycles. The number of hydrogen-bond acceptors (Lipinski definition) is 6. The summed E-state index contributed by atoms with van der Waals surface area (Å²) in [5.74, 6) is 1.59. The van der Waals surface area contributed by atoms with Crippen LogP contribution in [-0.2, 0) is 10.2 Å². The second-order valence-electron chi connectivity index (χ2n) is 6.23. The first-order chi connectivity index (χ1) is 11.4. The first kappa shape index (κ1) is 18.7. The molecule has 0 unspecified atom stereocenters. The number of nitrogens with zero attached hydrogens (tertiary/aromatic N) is 2. The fraction of sp³-hybridized carbons (Fsp3) is 0.471. The van der Waals surface area contributed by atoms with E-state index in [9.17, 15) is 4.79 Å². The van der Waals surface area contributed by atoms with Crippen molar-refractivity contribution in [2.45, 2.75) is 43.9 Å². The number of benzene rings is 1. The number of thioether (sulfide) groups is 1. The second-order valence-corrected chi connectivity index (χ2v) is 8.72. The molecule has 0 bridgehead atoms. The number of ether oxygens (including phenoxy) is 1. The van der Waals surface area contributed by atoms with Crippen molar-refractivity contribution >= 4 is 34.1 Å². The van der Waals surface area contributed by atoms with E-state index in [-0.39, 0.29) is 17.7 Å². The zero-order valence-electron chi connectivity index (χ0n) is 14.5. The third kappa shape index (κ3) is 5.79. The highest BCUT2D eigenvalue weighted by Crippen LogP contribution is 2.25. The number of aromatic nitrogens is 2. The number of hydrogen-bond donors (Lipinski definition) is 1. The highest BCUT2D eigenvalue weighted by molar-refractivity contribution is 8.01. The number of rotatable bonds is 7. The standard InChI is InChI=1S/C17H23N3O2S2/c1-5-23-16-20-19-15(24-16)18-14(21)10-11-22-13-8-6-12(7-9-13)17(2,3)4/h6-9H,5,10-11H2,1-4H3,(H,18,19,21). The minimum absolute atomic E-state index is 0.120. The minimum Gasteiger partial charge on any atom is -0.493 e. The molecule has 7 heteroatoms. The molecule has 24 heavy (non-hydrogen) atoms. The molecule has 1 heterocycles. The van der Waals surface area contributed by atoms with Crippen LogP contribution in [0.25, 0.3) is 0 Å². The number of carbonyl (C=O) groups is 1. The van der Waals surface area contributed by atoms with Crippen molar-refractivity contribution in [3.05, 3.63) is 29.8 Å². The zero-order valence-corrected chi connectivity index (χ0v) is 16.1. The largest absolute Gasteiger partial charge is 0.493 e. The van der Waals surface area contributed by atoms with Gasteiger partial charge >= 0.3 is 0 Å². The van der Waals surface area contributed by atoms with Crippen LogP contribution in [0.1, 0.15) is 39.7 Å². The van der Waals surface area contributed by atoms with Crippen molar-refractivity contribution in [3.63, 3.8) is 0 Å². The van der Waals surface area contributed by atoms with Crippen LogP contribution in [0.2, 0.25) is 0 Å². The molecule has 1 aromatic heterocycles. The second kappa shape index (κ2) is 8.48. The van der Waals surface area contributed by atoms with Gasteiger partial charge in [-0.3, -0.25) is 4.79 Å². The quantitative estimate of drug-likeness (QED) is 0.583. The Balaban J connectivity index is 1.75. The number of nitrogens with one attached hydrogen (secondary N) is 1. The summed E-state index contributed by atoms with van der Waals surface area (Å²) in [6.07, 6.45) is 0.275. The van der Waals surface area contributed by atoms with Crippen LogP contribution in [0.4, 0.5) is 5.13 Å². The van der Waals surface area contributed by atoms with Gasteiger partial charge in [0.1, 0.15) is 5.75 Å². The van der Waals surface area contributed by atoms with Gasteiger partial charge < -0.3 is 10.1 Å². The van der Waals surface area contributed by atoms with E-state index >= 15 is 0 Å². The van der Waals surface area contributed by atoms with Crippen molar-refractivity contribution < 1.29 is 9.53 Å². The van der Waals surface area contributed by atoms with Crippen LogP contribution in [0, 0.1) is 0 Å². The molecule has 0 atom stereocenters. The lowest BCUT2D eigenvalue weighted by molar-refractivity contribution is -0.116. The highest BCUT2D eigenvalue weighted by atomic mass is 32.2. The van der Waals surface area contributed by atoms with Crippen molar-refractivity contribution in [3.8, 4) is 5.75 Å². The van der Waals surface area contributed by atoms with Gasteiger partial charge in [-0.25, -0.2) is 0 Å². The van der Waals surface area contributed by atoms with E-state index in [1.807, 2.05) is 12.1 Å². The lowest BCUT2D eigenvalue weighted by atomic mass is 9.87. The number of anilines is 1. The minimum atomic E-state index is -0.120. The van der Waals surface area contributed by atoms with E-state index in [0.29, 0.717) is 11.7 Å². The lowest BCUT2D eigenvalue weighted by Gasteiger charge is -2.19. The average molecular weight is 366 g/mol. The summed E-state index contributed by atoms with van der Waals surface area (Å²) in [7, 11) is 0. The van der Waals surface area contributed by atoms with Crippen LogP contribution >= 0.6 is 23.1 Å². The summed E-state index contributed by atoms with van der Waals surface area (Å²) in [4.78, 5) is 11.9.